The van der Waals surface area contributed by atoms with E-state index in [1.807, 2.05) is 18.2 Å². The summed E-state index contributed by atoms with van der Waals surface area (Å²) in [6.45, 7) is 4.59. The first-order valence-electron chi connectivity index (χ1n) is 41.4. The molecule has 17 nitrogen and oxygen atoms in total. The molecule has 3 N–H and O–H groups in total. The fourth-order valence-corrected chi connectivity index (χ4v) is 12.4. The van der Waals surface area contributed by atoms with Crippen molar-refractivity contribution in [2.24, 2.45) is 0 Å². The number of rotatable bonds is 77. The number of esters is 4. The average molecular weight is 1530 g/mol. The SMILES string of the molecule is CC/C=C\C/C=C\C/C=C\C/C=C\C/C=C\CC(=O)OCC(COP(=O)(O)OCC(O)COP(=O)(O)OCC(COC(=O)CCCCCCCC/C=C\C/C=C\C/C=C\CCCCC)OC(=O)CCCCCCCC/C=C\C/C=C\C/C=C\CCCCC)OC(=O)CCCCCCCCCCCCCCC. The van der Waals surface area contributed by atoms with Crippen molar-refractivity contribution in [3.63, 3.8) is 0 Å². The fraction of sp³-hybridized carbons (Fsp3) is 0.701. The van der Waals surface area contributed by atoms with Gasteiger partial charge in [0.25, 0.3) is 0 Å². The van der Waals surface area contributed by atoms with Gasteiger partial charge in [-0.1, -0.05) is 315 Å². The molecule has 5 unspecified atom stereocenters. The number of carbonyl (C=O) groups is 4. The molecule has 0 spiro atoms. The van der Waals surface area contributed by atoms with Gasteiger partial charge in [0.15, 0.2) is 12.2 Å². The van der Waals surface area contributed by atoms with Crippen LogP contribution in [0.5, 0.6) is 0 Å². The van der Waals surface area contributed by atoms with Crippen molar-refractivity contribution in [1.82, 2.24) is 0 Å². The normalized spacial score (nSPS) is 14.5. The Kier molecular flexibility index (Phi) is 74.8. The molecule has 0 aliphatic rings. The van der Waals surface area contributed by atoms with E-state index in [-0.39, 0.29) is 25.7 Å². The number of aliphatic hydroxyl groups excluding tert-OH is 1. The number of aliphatic hydroxyl groups is 1. The summed E-state index contributed by atoms with van der Waals surface area (Å²) in [5.74, 6) is -2.34. The molecule has 0 saturated carbocycles. The molecular weight excluding hydrogens is 1380 g/mol. The molecule has 0 aromatic carbocycles. The highest BCUT2D eigenvalue weighted by atomic mass is 31.2. The molecule has 0 rings (SSSR count). The van der Waals surface area contributed by atoms with Gasteiger partial charge in [0.2, 0.25) is 0 Å². The predicted octanol–water partition coefficient (Wildman–Crippen LogP) is 24.4. The molecule has 0 aromatic heterocycles. The van der Waals surface area contributed by atoms with Gasteiger partial charge in [-0.2, -0.15) is 0 Å². The van der Waals surface area contributed by atoms with Crippen molar-refractivity contribution in [1.29, 1.82) is 0 Å². The molecule has 0 amide bonds. The predicted molar refractivity (Wildman–Crippen MR) is 436 cm³/mol. The Morgan fingerprint density at radius 3 is 0.858 bits per heavy atom. The highest BCUT2D eigenvalue weighted by Crippen LogP contribution is 2.45. The van der Waals surface area contributed by atoms with Crippen LogP contribution in [0.15, 0.2) is 134 Å². The van der Waals surface area contributed by atoms with Crippen LogP contribution in [-0.2, 0) is 65.4 Å². The topological polar surface area (TPSA) is 237 Å². The van der Waals surface area contributed by atoms with Crippen molar-refractivity contribution in [2.75, 3.05) is 39.6 Å². The summed E-state index contributed by atoms with van der Waals surface area (Å²) in [4.78, 5) is 73.1. The van der Waals surface area contributed by atoms with E-state index in [9.17, 15) is 43.2 Å². The molecule has 5 atom stereocenters. The van der Waals surface area contributed by atoms with Crippen LogP contribution in [0.4, 0.5) is 0 Å². The Morgan fingerprint density at radius 1 is 0.283 bits per heavy atom. The molecule has 0 aliphatic heterocycles. The summed E-state index contributed by atoms with van der Waals surface area (Å²) in [6, 6.07) is 0. The van der Waals surface area contributed by atoms with Crippen LogP contribution in [0.1, 0.15) is 336 Å². The second-order valence-corrected chi connectivity index (χ2v) is 30.3. The number of phosphoric ester groups is 2. The molecular formula is C87H148O17P2. The molecule has 0 bridgehead atoms. The molecule has 0 heterocycles. The first-order chi connectivity index (χ1) is 51.7. The van der Waals surface area contributed by atoms with E-state index in [1.54, 1.807) is 6.08 Å². The monoisotopic (exact) mass is 1530 g/mol. The summed E-state index contributed by atoms with van der Waals surface area (Å²) in [5.41, 5.74) is 0. The Balaban J connectivity index is 5.44. The summed E-state index contributed by atoms with van der Waals surface area (Å²) in [5, 5.41) is 10.7. The van der Waals surface area contributed by atoms with Crippen molar-refractivity contribution < 1.29 is 80.2 Å². The van der Waals surface area contributed by atoms with Gasteiger partial charge in [-0.3, -0.25) is 37.3 Å². The minimum Gasteiger partial charge on any atom is -0.462 e. The van der Waals surface area contributed by atoms with E-state index in [1.165, 1.54) is 89.9 Å². The zero-order valence-electron chi connectivity index (χ0n) is 66.6. The molecule has 608 valence electrons. The van der Waals surface area contributed by atoms with E-state index in [0.717, 1.165) is 167 Å². The summed E-state index contributed by atoms with van der Waals surface area (Å²) in [7, 11) is -9.99. The maximum absolute atomic E-state index is 13.1. The van der Waals surface area contributed by atoms with Crippen molar-refractivity contribution in [2.45, 2.75) is 354 Å². The van der Waals surface area contributed by atoms with Crippen LogP contribution >= 0.6 is 15.6 Å². The first kappa shape index (κ1) is 101. The Labute approximate surface area is 644 Å². The van der Waals surface area contributed by atoms with Gasteiger partial charge in [-0.25, -0.2) is 9.13 Å². The van der Waals surface area contributed by atoms with Gasteiger partial charge < -0.3 is 33.8 Å². The maximum atomic E-state index is 13.1. The van der Waals surface area contributed by atoms with Crippen LogP contribution < -0.4 is 0 Å². The zero-order chi connectivity index (χ0) is 77.4. The number of carbonyl (C=O) groups excluding carboxylic acids is 4. The Bertz CT molecular complexity index is 2530. The lowest BCUT2D eigenvalue weighted by molar-refractivity contribution is -0.161. The number of unbranched alkanes of at least 4 members (excludes halogenated alkanes) is 30. The quantitative estimate of drug-likeness (QED) is 0.0169. The van der Waals surface area contributed by atoms with Crippen molar-refractivity contribution in [3.8, 4) is 0 Å². The molecule has 0 aromatic rings. The third-order valence-electron chi connectivity index (χ3n) is 17.1. The Morgan fingerprint density at radius 2 is 0.528 bits per heavy atom. The smallest absolute Gasteiger partial charge is 0.462 e. The minimum atomic E-state index is -5.00. The van der Waals surface area contributed by atoms with Gasteiger partial charge in [0, 0.05) is 19.3 Å². The van der Waals surface area contributed by atoms with E-state index in [0.29, 0.717) is 25.7 Å². The highest BCUT2D eigenvalue weighted by molar-refractivity contribution is 7.47. The lowest BCUT2D eigenvalue weighted by atomic mass is 10.0. The van der Waals surface area contributed by atoms with Gasteiger partial charge in [-0.05, 0) is 128 Å². The van der Waals surface area contributed by atoms with E-state index in [4.69, 9.17) is 37.0 Å². The van der Waals surface area contributed by atoms with E-state index in [2.05, 4.69) is 137 Å². The lowest BCUT2D eigenvalue weighted by Gasteiger charge is -2.21. The second-order valence-electron chi connectivity index (χ2n) is 27.4. The molecule has 19 heteroatoms. The largest absolute Gasteiger partial charge is 0.472 e. The second kappa shape index (κ2) is 78.3. The van der Waals surface area contributed by atoms with Gasteiger partial charge in [0.1, 0.15) is 19.3 Å². The summed E-state index contributed by atoms with van der Waals surface area (Å²) >= 11 is 0. The Hall–Kier alpha value is -4.80. The van der Waals surface area contributed by atoms with Crippen molar-refractivity contribution in [3.05, 3.63) is 134 Å². The lowest BCUT2D eigenvalue weighted by Crippen LogP contribution is -2.30. The highest BCUT2D eigenvalue weighted by Gasteiger charge is 2.30. The average Bonchev–Trinajstić information content (AvgIpc) is 0.901. The minimum absolute atomic E-state index is 0.0712. The van der Waals surface area contributed by atoms with Gasteiger partial charge in [0.05, 0.1) is 32.8 Å². The standard InChI is InChI=1S/C87H148O17P2/c1-5-9-13-17-21-25-29-33-36-38-40-42-45-49-52-56-60-64-68-72-85(90)98-78-83(104-87(92)74-70-66-62-58-54-50-46-43-41-39-37-34-30-26-22-18-14-10-6-2)80-102-106(95,96)100-76-81(88)75-99-105(93,94)101-79-82(103-86(91)73-69-65-61-57-53-47-32-28-24-20-16-12-8-4)77-97-84(89)71-67-63-59-55-51-48-44-35-31-27-23-19-15-11-7-3/h11,15,21-23,25-27,33-37,40-44,51,55,63,67,81-83,88H,5-10,12-14,16-20,24,28-32,38-39,45-50,52-54,56-62,64-66,68-80H2,1-4H3,(H,93,94)(H,95,96)/b15-11-,25-21-,26-22-,27-23-,36-33-,37-34-,42-40-,43-41-,44-35-,55-51-,67-63-. The third kappa shape index (κ3) is 77.4. The zero-order valence-corrected chi connectivity index (χ0v) is 68.4. The van der Waals surface area contributed by atoms with Crippen molar-refractivity contribution >= 4 is 39.5 Å². The van der Waals surface area contributed by atoms with E-state index >= 15 is 0 Å². The maximum Gasteiger partial charge on any atom is 0.472 e. The molecule has 0 radical (unpaired) electrons. The number of hydrogen-bond acceptors (Lipinski definition) is 15. The summed E-state index contributed by atoms with van der Waals surface area (Å²) < 4.78 is 68.6. The van der Waals surface area contributed by atoms with Crippen LogP contribution in [0.25, 0.3) is 0 Å². The number of phosphoric acid groups is 2. The van der Waals surface area contributed by atoms with Crippen LogP contribution in [-0.4, -0.2) is 96.7 Å². The van der Waals surface area contributed by atoms with Gasteiger partial charge in [-0.15, -0.1) is 0 Å². The third-order valence-corrected chi connectivity index (χ3v) is 19.0. The summed E-state index contributed by atoms with van der Waals surface area (Å²) in [6.07, 6.45) is 88.7. The van der Waals surface area contributed by atoms with Crippen LogP contribution in [0.3, 0.4) is 0 Å². The van der Waals surface area contributed by atoms with Crippen LogP contribution in [0, 0.1) is 0 Å². The molecule has 0 saturated heterocycles. The van der Waals surface area contributed by atoms with E-state index < -0.39 is 97.5 Å². The fourth-order valence-electron chi connectivity index (χ4n) is 10.8. The number of ether oxygens (including phenoxy) is 4. The molecule has 0 fully saturated rings. The number of hydrogen-bond donors (Lipinski definition) is 3. The van der Waals surface area contributed by atoms with Gasteiger partial charge >= 0.3 is 39.5 Å². The number of allylic oxidation sites excluding steroid dienone is 21. The molecule has 106 heavy (non-hydrogen) atoms. The first-order valence-corrected chi connectivity index (χ1v) is 44.4. The van der Waals surface area contributed by atoms with Crippen LogP contribution in [0.2, 0.25) is 0 Å². The molecule has 0 aliphatic carbocycles.